The second-order valence-corrected chi connectivity index (χ2v) is 8.43. The molecule has 31 heavy (non-hydrogen) atoms. The van der Waals surface area contributed by atoms with Crippen LogP contribution in [0.1, 0.15) is 36.8 Å². The first-order chi connectivity index (χ1) is 15.2. The summed E-state index contributed by atoms with van der Waals surface area (Å²) in [4.78, 5) is 5.26. The Labute approximate surface area is 185 Å². The average molecular weight is 427 g/mol. The second kappa shape index (κ2) is 9.79. The lowest BCUT2D eigenvalue weighted by Crippen LogP contribution is -2.39. The van der Waals surface area contributed by atoms with E-state index >= 15 is 0 Å². The van der Waals surface area contributed by atoms with E-state index in [2.05, 4.69) is 34.1 Å². The first-order valence-corrected chi connectivity index (χ1v) is 11.1. The average Bonchev–Trinajstić information content (AvgIpc) is 3.15. The topological polar surface area (TPSA) is 43.4 Å². The Bertz CT molecular complexity index is 816. The van der Waals surface area contributed by atoms with Crippen molar-refractivity contribution in [1.29, 1.82) is 0 Å². The van der Waals surface area contributed by atoms with Gasteiger partial charge in [-0.15, -0.1) is 0 Å². The lowest BCUT2D eigenvalue weighted by atomic mass is 9.90. The number of hydrogen-bond acceptors (Lipinski definition) is 6. The highest BCUT2D eigenvalue weighted by molar-refractivity contribution is 5.43. The van der Waals surface area contributed by atoms with Crippen molar-refractivity contribution in [3.63, 3.8) is 0 Å². The Kier molecular flexibility index (Phi) is 6.88. The van der Waals surface area contributed by atoms with Gasteiger partial charge in [0, 0.05) is 25.2 Å². The van der Waals surface area contributed by atoms with Crippen molar-refractivity contribution < 1.29 is 18.9 Å². The van der Waals surface area contributed by atoms with Gasteiger partial charge in [-0.1, -0.05) is 25.0 Å². The largest absolute Gasteiger partial charge is 0.493 e. The molecule has 2 atom stereocenters. The van der Waals surface area contributed by atoms with Gasteiger partial charge < -0.3 is 18.9 Å². The minimum absolute atomic E-state index is 0.599. The van der Waals surface area contributed by atoms with Crippen molar-refractivity contribution >= 4 is 0 Å². The van der Waals surface area contributed by atoms with E-state index < -0.39 is 0 Å². The summed E-state index contributed by atoms with van der Waals surface area (Å²) >= 11 is 0. The quantitative estimate of drug-likeness (QED) is 0.627. The molecule has 2 aromatic carbocycles. The number of nitrogens with zero attached hydrogens (tertiary/aromatic N) is 2. The third kappa shape index (κ3) is 4.60. The highest BCUT2D eigenvalue weighted by Gasteiger charge is 2.40. The molecule has 1 saturated heterocycles. The van der Waals surface area contributed by atoms with Crippen LogP contribution in [0.4, 0.5) is 0 Å². The zero-order chi connectivity index (χ0) is 21.8. The molecule has 0 bridgehead atoms. The molecule has 0 N–H and O–H groups in total. The normalized spacial score (nSPS) is 21.5. The minimum atomic E-state index is 0.599. The summed E-state index contributed by atoms with van der Waals surface area (Å²) in [6.07, 6.45) is 5.16. The Morgan fingerprint density at radius 2 is 1.06 bits per heavy atom. The van der Waals surface area contributed by atoms with E-state index in [-0.39, 0.29) is 0 Å². The maximum absolute atomic E-state index is 5.51. The van der Waals surface area contributed by atoms with Crippen molar-refractivity contribution in [1.82, 2.24) is 9.80 Å². The van der Waals surface area contributed by atoms with Crippen molar-refractivity contribution in [3.8, 4) is 23.0 Å². The van der Waals surface area contributed by atoms with E-state index in [0.717, 1.165) is 42.8 Å². The van der Waals surface area contributed by atoms with Crippen LogP contribution in [0.15, 0.2) is 36.4 Å². The molecule has 1 saturated carbocycles. The van der Waals surface area contributed by atoms with Crippen LogP contribution in [0, 0.1) is 0 Å². The fourth-order valence-corrected chi connectivity index (χ4v) is 5.15. The third-order valence-corrected chi connectivity index (χ3v) is 6.66. The summed E-state index contributed by atoms with van der Waals surface area (Å²) < 4.78 is 21.8. The lowest BCUT2D eigenvalue weighted by molar-refractivity contribution is 0.197. The van der Waals surface area contributed by atoms with Crippen molar-refractivity contribution in [3.05, 3.63) is 47.5 Å². The van der Waals surface area contributed by atoms with Gasteiger partial charge in [0.2, 0.25) is 0 Å². The Morgan fingerprint density at radius 3 is 1.45 bits per heavy atom. The third-order valence-electron chi connectivity index (χ3n) is 6.66. The molecule has 0 aromatic heterocycles. The maximum Gasteiger partial charge on any atom is 0.161 e. The van der Waals surface area contributed by atoms with Gasteiger partial charge in [0.1, 0.15) is 0 Å². The zero-order valence-corrected chi connectivity index (χ0v) is 19.1. The van der Waals surface area contributed by atoms with Gasteiger partial charge in [-0.3, -0.25) is 9.80 Å². The molecule has 2 aliphatic rings. The molecule has 2 aromatic rings. The minimum Gasteiger partial charge on any atom is -0.493 e. The summed E-state index contributed by atoms with van der Waals surface area (Å²) in [5, 5.41) is 0. The van der Waals surface area contributed by atoms with Gasteiger partial charge in [-0.2, -0.15) is 0 Å². The van der Waals surface area contributed by atoms with E-state index in [4.69, 9.17) is 18.9 Å². The molecular formula is C25H34N2O4. The highest BCUT2D eigenvalue weighted by atomic mass is 16.5. The Balaban J connectivity index is 1.51. The first kappa shape index (κ1) is 21.8. The predicted octanol–water partition coefficient (Wildman–Crippen LogP) is 4.31. The second-order valence-electron chi connectivity index (χ2n) is 8.43. The number of methoxy groups -OCH3 is 4. The molecule has 0 amide bonds. The zero-order valence-electron chi connectivity index (χ0n) is 19.1. The summed E-state index contributed by atoms with van der Waals surface area (Å²) in [7, 11) is 6.74. The van der Waals surface area contributed by atoms with Gasteiger partial charge in [0.15, 0.2) is 23.0 Å². The van der Waals surface area contributed by atoms with E-state index in [0.29, 0.717) is 12.1 Å². The monoisotopic (exact) mass is 426 g/mol. The Morgan fingerprint density at radius 1 is 0.645 bits per heavy atom. The van der Waals surface area contributed by atoms with E-state index in [1.165, 1.54) is 36.8 Å². The van der Waals surface area contributed by atoms with Crippen molar-refractivity contribution in [2.75, 3.05) is 35.1 Å². The highest BCUT2D eigenvalue weighted by Crippen LogP contribution is 2.37. The number of benzene rings is 2. The molecule has 0 radical (unpaired) electrons. The number of ether oxygens (including phenoxy) is 4. The van der Waals surface area contributed by atoms with Gasteiger partial charge in [0.25, 0.3) is 0 Å². The summed E-state index contributed by atoms with van der Waals surface area (Å²) in [6.45, 7) is 2.81. The van der Waals surface area contributed by atoms with Crippen LogP contribution in [0.25, 0.3) is 0 Å². The predicted molar refractivity (Wildman–Crippen MR) is 121 cm³/mol. The van der Waals surface area contributed by atoms with Crippen molar-refractivity contribution in [2.24, 2.45) is 0 Å². The molecule has 2 unspecified atom stereocenters. The molecule has 6 nitrogen and oxygen atoms in total. The fraction of sp³-hybridized carbons (Fsp3) is 0.520. The maximum atomic E-state index is 5.51. The van der Waals surface area contributed by atoms with E-state index in [9.17, 15) is 0 Å². The van der Waals surface area contributed by atoms with Crippen LogP contribution in [-0.2, 0) is 13.1 Å². The molecule has 4 rings (SSSR count). The number of hydrogen-bond donors (Lipinski definition) is 0. The summed E-state index contributed by atoms with van der Waals surface area (Å²) in [6, 6.07) is 13.7. The molecule has 6 heteroatoms. The SMILES string of the molecule is COc1ccc(CN2CN(Cc3ccc(OC)c(OC)c3)C3CCCCC32)cc1OC. The molecule has 168 valence electrons. The van der Waals surface area contributed by atoms with Crippen LogP contribution < -0.4 is 18.9 Å². The first-order valence-electron chi connectivity index (χ1n) is 11.1. The van der Waals surface area contributed by atoms with Crippen LogP contribution >= 0.6 is 0 Å². The fourth-order valence-electron chi connectivity index (χ4n) is 5.15. The number of rotatable bonds is 8. The molecular weight excluding hydrogens is 392 g/mol. The van der Waals surface area contributed by atoms with Gasteiger partial charge >= 0.3 is 0 Å². The van der Waals surface area contributed by atoms with Crippen LogP contribution in [0.5, 0.6) is 23.0 Å². The molecule has 1 aliphatic heterocycles. The smallest absolute Gasteiger partial charge is 0.161 e. The van der Waals surface area contributed by atoms with Gasteiger partial charge in [-0.25, -0.2) is 0 Å². The van der Waals surface area contributed by atoms with E-state index in [1.54, 1.807) is 28.4 Å². The summed E-state index contributed by atoms with van der Waals surface area (Å²) in [5.74, 6) is 3.14. The lowest BCUT2D eigenvalue weighted by Gasteiger charge is -2.32. The molecule has 0 spiro atoms. The molecule has 1 aliphatic carbocycles. The van der Waals surface area contributed by atoms with Crippen LogP contribution in [-0.4, -0.2) is 57.0 Å². The van der Waals surface area contributed by atoms with Crippen LogP contribution in [0.2, 0.25) is 0 Å². The summed E-state index contributed by atoms with van der Waals surface area (Å²) in [5.41, 5.74) is 2.52. The molecule has 1 heterocycles. The number of fused-ring (bicyclic) bond motifs is 1. The van der Waals surface area contributed by atoms with Gasteiger partial charge in [-0.05, 0) is 48.2 Å². The van der Waals surface area contributed by atoms with Crippen LogP contribution in [0.3, 0.4) is 0 Å². The molecule has 2 fully saturated rings. The van der Waals surface area contributed by atoms with E-state index in [1.807, 2.05) is 12.1 Å². The van der Waals surface area contributed by atoms with Crippen molar-refractivity contribution in [2.45, 2.75) is 50.9 Å². The standard InChI is InChI=1S/C25H34N2O4/c1-28-22-11-9-18(13-24(22)30-3)15-26-17-27(21-8-6-5-7-20(21)26)16-19-10-12-23(29-2)25(14-19)31-4/h9-14,20-21H,5-8,15-17H2,1-4H3. The van der Waals surface area contributed by atoms with Gasteiger partial charge in [0.05, 0.1) is 35.1 Å². The Hall–Kier alpha value is -2.44.